The minimum atomic E-state index is -0.473. The van der Waals surface area contributed by atoms with E-state index >= 15 is 0 Å². The van der Waals surface area contributed by atoms with Crippen LogP contribution in [0.15, 0.2) is 48.5 Å². The molecule has 5 nitrogen and oxygen atoms in total. The third-order valence-electron chi connectivity index (χ3n) is 2.86. The van der Waals surface area contributed by atoms with Crippen molar-refractivity contribution in [3.63, 3.8) is 0 Å². The molecule has 21 heavy (non-hydrogen) atoms. The van der Waals surface area contributed by atoms with E-state index in [4.69, 9.17) is 5.26 Å². The van der Waals surface area contributed by atoms with Crippen molar-refractivity contribution in [2.75, 3.05) is 0 Å². The number of nitrogens with zero attached hydrogens (tertiary/aromatic N) is 3. The molecule has 0 bridgehead atoms. The first-order valence-electron chi connectivity index (χ1n) is 6.01. The second kappa shape index (κ2) is 6.14. The second-order valence-corrected chi connectivity index (χ2v) is 4.21. The lowest BCUT2D eigenvalue weighted by atomic mass is 10.0. The number of allylic oxidation sites excluding steroid dienone is 1. The first kappa shape index (κ1) is 14.0. The number of benzene rings is 2. The highest BCUT2D eigenvalue weighted by atomic mass is 16.6. The van der Waals surface area contributed by atoms with E-state index in [-0.39, 0.29) is 5.69 Å². The zero-order valence-electron chi connectivity index (χ0n) is 10.9. The van der Waals surface area contributed by atoms with Gasteiger partial charge in [0.1, 0.15) is 0 Å². The Morgan fingerprint density at radius 3 is 2.14 bits per heavy atom. The number of nitro benzene ring substituents is 1. The van der Waals surface area contributed by atoms with E-state index in [1.54, 1.807) is 42.5 Å². The van der Waals surface area contributed by atoms with Gasteiger partial charge in [0.2, 0.25) is 0 Å². The van der Waals surface area contributed by atoms with Gasteiger partial charge in [0.25, 0.3) is 5.69 Å². The molecule has 0 aliphatic heterocycles. The summed E-state index contributed by atoms with van der Waals surface area (Å²) in [5.41, 5.74) is 2.33. The number of hydrogen-bond acceptors (Lipinski definition) is 4. The summed E-state index contributed by atoms with van der Waals surface area (Å²) >= 11 is 0. The molecule has 2 aromatic carbocycles. The van der Waals surface area contributed by atoms with Crippen molar-refractivity contribution >= 4 is 17.3 Å². The third-order valence-corrected chi connectivity index (χ3v) is 2.86. The van der Waals surface area contributed by atoms with Crippen LogP contribution in [0.5, 0.6) is 0 Å². The fourth-order valence-electron chi connectivity index (χ4n) is 1.76. The first-order valence-corrected chi connectivity index (χ1v) is 6.01. The van der Waals surface area contributed by atoms with Gasteiger partial charge in [-0.2, -0.15) is 10.5 Å². The topological polar surface area (TPSA) is 90.7 Å². The van der Waals surface area contributed by atoms with Gasteiger partial charge in [-0.25, -0.2) is 0 Å². The van der Waals surface area contributed by atoms with E-state index in [1.165, 1.54) is 12.1 Å². The Morgan fingerprint density at radius 2 is 1.67 bits per heavy atom. The molecule has 0 aliphatic rings. The predicted molar refractivity (Wildman–Crippen MR) is 77.7 cm³/mol. The highest BCUT2D eigenvalue weighted by Gasteiger charge is 2.05. The quantitative estimate of drug-likeness (QED) is 0.371. The number of hydrogen-bond donors (Lipinski definition) is 0. The summed E-state index contributed by atoms with van der Waals surface area (Å²) in [6, 6.07) is 16.7. The number of nitro groups is 1. The van der Waals surface area contributed by atoms with Gasteiger partial charge in [0.15, 0.2) is 0 Å². The molecule has 0 fully saturated rings. The molecule has 0 aromatic heterocycles. The van der Waals surface area contributed by atoms with Crippen LogP contribution in [0.25, 0.3) is 11.6 Å². The summed E-state index contributed by atoms with van der Waals surface area (Å²) in [6.45, 7) is 0. The molecule has 5 heteroatoms. The van der Waals surface area contributed by atoms with Gasteiger partial charge < -0.3 is 0 Å². The molecule has 2 rings (SSSR count). The Morgan fingerprint density at radius 1 is 1.05 bits per heavy atom. The molecule has 0 atom stereocenters. The van der Waals surface area contributed by atoms with Gasteiger partial charge in [-0.3, -0.25) is 10.1 Å². The van der Waals surface area contributed by atoms with Gasteiger partial charge in [-0.15, -0.1) is 0 Å². The molecule has 0 amide bonds. The van der Waals surface area contributed by atoms with Crippen molar-refractivity contribution in [1.29, 1.82) is 10.5 Å². The number of rotatable bonds is 3. The lowest BCUT2D eigenvalue weighted by Gasteiger charge is -2.00. The van der Waals surface area contributed by atoms with Crippen LogP contribution < -0.4 is 0 Å². The van der Waals surface area contributed by atoms with Crippen molar-refractivity contribution in [3.05, 3.63) is 75.3 Å². The molecule has 100 valence electrons. The van der Waals surface area contributed by atoms with Crippen molar-refractivity contribution in [2.24, 2.45) is 0 Å². The maximum absolute atomic E-state index is 10.6. The van der Waals surface area contributed by atoms with Crippen molar-refractivity contribution in [3.8, 4) is 12.1 Å². The van der Waals surface area contributed by atoms with Crippen LogP contribution in [0.4, 0.5) is 5.69 Å². The van der Waals surface area contributed by atoms with E-state index < -0.39 is 4.92 Å². The van der Waals surface area contributed by atoms with Crippen LogP contribution in [0.1, 0.15) is 16.7 Å². The minimum absolute atomic E-state index is 0.00373. The Bertz CT molecular complexity index is 776. The van der Waals surface area contributed by atoms with Crippen LogP contribution in [0, 0.1) is 32.8 Å². The van der Waals surface area contributed by atoms with E-state index in [9.17, 15) is 15.4 Å². The molecular formula is C16H9N3O2. The van der Waals surface area contributed by atoms with Gasteiger partial charge in [-0.1, -0.05) is 12.1 Å². The smallest absolute Gasteiger partial charge is 0.258 e. The Hall–Kier alpha value is -3.44. The van der Waals surface area contributed by atoms with Crippen LogP contribution in [0.2, 0.25) is 0 Å². The van der Waals surface area contributed by atoms with Crippen LogP contribution >= 0.6 is 0 Å². The Labute approximate surface area is 121 Å². The molecular weight excluding hydrogens is 266 g/mol. The summed E-state index contributed by atoms with van der Waals surface area (Å²) in [5.74, 6) is 0. The zero-order chi connectivity index (χ0) is 15.2. The standard InChI is InChI=1S/C16H9N3O2/c17-10-13-1-5-14(6-2-13)15(11-18)9-12-3-7-16(8-4-12)19(20)21/h1-9H. The van der Waals surface area contributed by atoms with E-state index in [0.29, 0.717) is 22.3 Å². The maximum atomic E-state index is 10.6. The minimum Gasteiger partial charge on any atom is -0.258 e. The van der Waals surface area contributed by atoms with Gasteiger partial charge in [0, 0.05) is 12.1 Å². The lowest BCUT2D eigenvalue weighted by molar-refractivity contribution is -0.384. The summed E-state index contributed by atoms with van der Waals surface area (Å²) in [4.78, 5) is 10.1. The van der Waals surface area contributed by atoms with Crippen molar-refractivity contribution in [2.45, 2.75) is 0 Å². The molecule has 0 aliphatic carbocycles. The SMILES string of the molecule is N#CC(=Cc1ccc([N+](=O)[O-])cc1)c1ccc(C#N)cc1. The number of nitriles is 2. The van der Waals surface area contributed by atoms with Crippen LogP contribution in [0.3, 0.4) is 0 Å². The van der Waals surface area contributed by atoms with Crippen LogP contribution in [-0.2, 0) is 0 Å². The third kappa shape index (κ3) is 3.31. The summed E-state index contributed by atoms with van der Waals surface area (Å²) in [6.07, 6.45) is 1.64. The van der Waals surface area contributed by atoms with Crippen molar-refractivity contribution < 1.29 is 4.92 Å². The monoisotopic (exact) mass is 275 g/mol. The molecule has 0 saturated carbocycles. The summed E-state index contributed by atoms with van der Waals surface area (Å²) in [5, 5.41) is 28.5. The average Bonchev–Trinajstić information content (AvgIpc) is 2.53. The normalized spacial score (nSPS) is 10.5. The van der Waals surface area contributed by atoms with Crippen molar-refractivity contribution in [1.82, 2.24) is 0 Å². The molecule has 0 spiro atoms. The Balaban J connectivity index is 2.34. The maximum Gasteiger partial charge on any atom is 0.269 e. The van der Waals surface area contributed by atoms with E-state index in [0.717, 1.165) is 0 Å². The predicted octanol–water partition coefficient (Wildman–Crippen LogP) is 3.53. The molecule has 0 saturated heterocycles. The molecule has 2 aromatic rings. The average molecular weight is 275 g/mol. The van der Waals surface area contributed by atoms with Gasteiger partial charge in [0.05, 0.1) is 28.2 Å². The molecule has 0 N–H and O–H groups in total. The highest BCUT2D eigenvalue weighted by molar-refractivity contribution is 5.89. The molecule has 0 heterocycles. The molecule has 0 unspecified atom stereocenters. The highest BCUT2D eigenvalue weighted by Crippen LogP contribution is 2.20. The zero-order valence-corrected chi connectivity index (χ0v) is 10.9. The summed E-state index contributed by atoms with van der Waals surface area (Å²) in [7, 11) is 0. The fourth-order valence-corrected chi connectivity index (χ4v) is 1.76. The van der Waals surface area contributed by atoms with E-state index in [2.05, 4.69) is 6.07 Å². The Kier molecular flexibility index (Phi) is 4.09. The second-order valence-electron chi connectivity index (χ2n) is 4.21. The molecule has 0 radical (unpaired) electrons. The lowest BCUT2D eigenvalue weighted by Crippen LogP contribution is -1.87. The van der Waals surface area contributed by atoms with Crippen LogP contribution in [-0.4, -0.2) is 4.92 Å². The van der Waals surface area contributed by atoms with Gasteiger partial charge >= 0.3 is 0 Å². The number of non-ortho nitro benzene ring substituents is 1. The first-order chi connectivity index (χ1) is 10.1. The largest absolute Gasteiger partial charge is 0.269 e. The van der Waals surface area contributed by atoms with Gasteiger partial charge in [-0.05, 0) is 41.5 Å². The van der Waals surface area contributed by atoms with E-state index in [1.807, 2.05) is 6.07 Å². The fraction of sp³-hybridized carbons (Fsp3) is 0. The summed E-state index contributed by atoms with van der Waals surface area (Å²) < 4.78 is 0.